The predicted molar refractivity (Wildman–Crippen MR) is 63.6 cm³/mol. The minimum Gasteiger partial charge on any atom is -0.324 e. The number of halogens is 2. The second-order valence-electron chi connectivity index (χ2n) is 2.54. The Morgan fingerprint density at radius 3 is 2.50 bits per heavy atom. The second kappa shape index (κ2) is 5.78. The largest absolute Gasteiger partial charge is 0.324 e. The van der Waals surface area contributed by atoms with Gasteiger partial charge in [0.2, 0.25) is 0 Å². The van der Waals surface area contributed by atoms with Crippen molar-refractivity contribution in [1.29, 1.82) is 0 Å². The van der Waals surface area contributed by atoms with Crippen molar-refractivity contribution in [3.05, 3.63) is 33.4 Å². The summed E-state index contributed by atoms with van der Waals surface area (Å²) in [6.07, 6.45) is 1.00. The third-order valence-electron chi connectivity index (χ3n) is 1.74. The molecule has 3 heteroatoms. The fourth-order valence-corrected chi connectivity index (χ4v) is 1.78. The van der Waals surface area contributed by atoms with Crippen LogP contribution < -0.4 is 5.73 Å². The van der Waals surface area contributed by atoms with Crippen LogP contribution in [0.2, 0.25) is 0 Å². The Bertz CT molecular complexity index is 240. The van der Waals surface area contributed by atoms with Crippen LogP contribution in [-0.2, 0) is 0 Å². The van der Waals surface area contributed by atoms with Gasteiger partial charge in [-0.1, -0.05) is 25.1 Å². The van der Waals surface area contributed by atoms with E-state index in [0.717, 1.165) is 6.42 Å². The average molecular weight is 298 g/mol. The van der Waals surface area contributed by atoms with E-state index in [1.807, 2.05) is 12.1 Å². The van der Waals surface area contributed by atoms with Crippen LogP contribution in [0.1, 0.15) is 24.9 Å². The normalized spacial score (nSPS) is 11.9. The molecular weight excluding hydrogens is 284 g/mol. The maximum absolute atomic E-state index is 5.89. The molecule has 68 valence electrons. The molecular formula is C9H13ClIN. The summed E-state index contributed by atoms with van der Waals surface area (Å²) in [4.78, 5) is 0. The van der Waals surface area contributed by atoms with E-state index >= 15 is 0 Å². The number of benzene rings is 1. The summed E-state index contributed by atoms with van der Waals surface area (Å²) in [5.41, 5.74) is 7.15. The van der Waals surface area contributed by atoms with E-state index < -0.39 is 0 Å². The summed E-state index contributed by atoms with van der Waals surface area (Å²) in [6, 6.07) is 8.45. The van der Waals surface area contributed by atoms with E-state index in [-0.39, 0.29) is 18.4 Å². The predicted octanol–water partition coefficient (Wildman–Crippen LogP) is 3.12. The van der Waals surface area contributed by atoms with Gasteiger partial charge in [-0.25, -0.2) is 0 Å². The summed E-state index contributed by atoms with van der Waals surface area (Å²) >= 11 is 2.32. The highest BCUT2D eigenvalue weighted by Crippen LogP contribution is 2.19. The lowest BCUT2D eigenvalue weighted by atomic mass is 10.1. The van der Waals surface area contributed by atoms with Crippen LogP contribution in [0.5, 0.6) is 0 Å². The first-order valence-electron chi connectivity index (χ1n) is 3.75. The van der Waals surface area contributed by atoms with Crippen LogP contribution in [0, 0.1) is 3.57 Å². The van der Waals surface area contributed by atoms with E-state index in [1.54, 1.807) is 0 Å². The van der Waals surface area contributed by atoms with Gasteiger partial charge in [-0.2, -0.15) is 0 Å². The van der Waals surface area contributed by atoms with E-state index in [4.69, 9.17) is 5.73 Å². The van der Waals surface area contributed by atoms with Crippen molar-refractivity contribution < 1.29 is 0 Å². The molecule has 2 N–H and O–H groups in total. The van der Waals surface area contributed by atoms with Crippen molar-refractivity contribution in [1.82, 2.24) is 0 Å². The number of nitrogens with two attached hydrogens (primary N) is 1. The van der Waals surface area contributed by atoms with Crippen molar-refractivity contribution in [3.8, 4) is 0 Å². The molecule has 1 aromatic carbocycles. The topological polar surface area (TPSA) is 26.0 Å². The molecule has 0 aliphatic rings. The number of hydrogen-bond acceptors (Lipinski definition) is 1. The highest BCUT2D eigenvalue weighted by molar-refractivity contribution is 14.1. The van der Waals surface area contributed by atoms with Crippen molar-refractivity contribution in [2.45, 2.75) is 19.4 Å². The highest BCUT2D eigenvalue weighted by atomic mass is 127. The zero-order chi connectivity index (χ0) is 8.27. The maximum Gasteiger partial charge on any atom is 0.0302 e. The van der Waals surface area contributed by atoms with Gasteiger partial charge in [-0.3, -0.25) is 0 Å². The minimum atomic E-state index is 0. The molecule has 0 fully saturated rings. The lowest BCUT2D eigenvalue weighted by molar-refractivity contribution is 0.695. The second-order valence-corrected chi connectivity index (χ2v) is 3.70. The molecule has 0 aromatic heterocycles. The quantitative estimate of drug-likeness (QED) is 0.834. The van der Waals surface area contributed by atoms with Crippen LogP contribution in [0.15, 0.2) is 24.3 Å². The Labute approximate surface area is 93.3 Å². The lowest BCUT2D eigenvalue weighted by Gasteiger charge is -2.10. The van der Waals surface area contributed by atoms with Crippen LogP contribution in [0.25, 0.3) is 0 Å². The van der Waals surface area contributed by atoms with Gasteiger partial charge in [0.15, 0.2) is 0 Å². The first-order valence-corrected chi connectivity index (χ1v) is 4.83. The Morgan fingerprint density at radius 2 is 2.00 bits per heavy atom. The van der Waals surface area contributed by atoms with Gasteiger partial charge in [0.25, 0.3) is 0 Å². The molecule has 0 aliphatic carbocycles. The van der Waals surface area contributed by atoms with Gasteiger partial charge in [0, 0.05) is 9.61 Å². The average Bonchev–Trinajstić information content (AvgIpc) is 2.04. The Balaban J connectivity index is 0.00000121. The van der Waals surface area contributed by atoms with Gasteiger partial charge in [0.1, 0.15) is 0 Å². The van der Waals surface area contributed by atoms with E-state index in [9.17, 15) is 0 Å². The molecule has 0 unspecified atom stereocenters. The number of hydrogen-bond donors (Lipinski definition) is 1. The molecule has 0 aliphatic heterocycles. The molecule has 0 spiro atoms. The molecule has 0 saturated heterocycles. The maximum atomic E-state index is 5.89. The summed E-state index contributed by atoms with van der Waals surface area (Å²) in [5.74, 6) is 0. The van der Waals surface area contributed by atoms with Crippen molar-refractivity contribution in [2.24, 2.45) is 5.73 Å². The summed E-state index contributed by atoms with van der Waals surface area (Å²) in [5, 5.41) is 0. The summed E-state index contributed by atoms with van der Waals surface area (Å²) in [7, 11) is 0. The fraction of sp³-hybridized carbons (Fsp3) is 0.333. The van der Waals surface area contributed by atoms with Crippen LogP contribution in [-0.4, -0.2) is 0 Å². The zero-order valence-electron chi connectivity index (χ0n) is 6.96. The van der Waals surface area contributed by atoms with Crippen molar-refractivity contribution in [3.63, 3.8) is 0 Å². The van der Waals surface area contributed by atoms with E-state index in [2.05, 4.69) is 41.6 Å². The van der Waals surface area contributed by atoms with Gasteiger partial charge >= 0.3 is 0 Å². The lowest BCUT2D eigenvalue weighted by Crippen LogP contribution is -2.09. The molecule has 1 rings (SSSR count). The smallest absolute Gasteiger partial charge is 0.0302 e. The number of rotatable bonds is 2. The highest BCUT2D eigenvalue weighted by Gasteiger charge is 2.05. The zero-order valence-corrected chi connectivity index (χ0v) is 9.93. The fourth-order valence-electron chi connectivity index (χ4n) is 0.996. The van der Waals surface area contributed by atoms with E-state index in [0.29, 0.717) is 0 Å². The van der Waals surface area contributed by atoms with Crippen molar-refractivity contribution in [2.75, 3.05) is 0 Å². The SMILES string of the molecule is CC[C@@H](N)c1ccccc1I.Cl. The molecule has 1 nitrogen and oxygen atoms in total. The third kappa shape index (κ3) is 2.92. The molecule has 0 saturated carbocycles. The monoisotopic (exact) mass is 297 g/mol. The Kier molecular flexibility index (Phi) is 5.88. The molecule has 12 heavy (non-hydrogen) atoms. The Hall–Kier alpha value is 0.200. The van der Waals surface area contributed by atoms with Gasteiger partial charge in [0.05, 0.1) is 0 Å². The van der Waals surface area contributed by atoms with Crippen molar-refractivity contribution >= 4 is 35.0 Å². The summed E-state index contributed by atoms with van der Waals surface area (Å²) < 4.78 is 1.26. The molecule has 0 heterocycles. The van der Waals surface area contributed by atoms with Crippen LogP contribution in [0.3, 0.4) is 0 Å². The molecule has 1 aromatic rings. The minimum absolute atomic E-state index is 0. The third-order valence-corrected chi connectivity index (χ3v) is 2.73. The van der Waals surface area contributed by atoms with E-state index in [1.165, 1.54) is 9.13 Å². The first-order chi connectivity index (χ1) is 5.25. The van der Waals surface area contributed by atoms with Crippen LogP contribution >= 0.6 is 35.0 Å². The summed E-state index contributed by atoms with van der Waals surface area (Å²) in [6.45, 7) is 2.10. The van der Waals surface area contributed by atoms with Gasteiger partial charge in [-0.15, -0.1) is 12.4 Å². The molecule has 1 atom stereocenters. The van der Waals surface area contributed by atoms with Crippen LogP contribution in [0.4, 0.5) is 0 Å². The standard InChI is InChI=1S/C9H12IN.ClH/c1-2-9(11)7-5-3-4-6-8(7)10;/h3-6,9H,2,11H2,1H3;1H/t9-;/m1./s1. The molecule has 0 bridgehead atoms. The van der Waals surface area contributed by atoms with Gasteiger partial charge < -0.3 is 5.73 Å². The first kappa shape index (κ1) is 12.2. The Morgan fingerprint density at radius 1 is 1.42 bits per heavy atom. The molecule has 0 amide bonds. The molecule has 0 radical (unpaired) electrons. The van der Waals surface area contributed by atoms with Gasteiger partial charge in [-0.05, 0) is 40.6 Å².